The number of carbonyl (C=O) groups excluding carboxylic acids is 3. The Kier molecular flexibility index (Phi) is 8.61. The molecule has 12 nitrogen and oxygen atoms in total. The largest absolute Gasteiger partial charge is 0.459 e. The van der Waals surface area contributed by atoms with Gasteiger partial charge in [0, 0.05) is 37.2 Å². The van der Waals surface area contributed by atoms with Crippen molar-refractivity contribution in [2.24, 2.45) is 39.4 Å². The molecular formula is C37H54O12. The second-order valence-corrected chi connectivity index (χ2v) is 17.4. The third kappa shape index (κ3) is 4.88. The van der Waals surface area contributed by atoms with Crippen molar-refractivity contribution in [3.05, 3.63) is 23.5 Å². The fraction of sp³-hybridized carbons (Fsp3) is 0.811. The second-order valence-electron chi connectivity index (χ2n) is 17.4. The zero-order chi connectivity index (χ0) is 36.4. The molecule has 0 aromatic carbocycles. The molecule has 6 rings (SSSR count). The van der Waals surface area contributed by atoms with Crippen LogP contribution in [0.25, 0.3) is 0 Å². The third-order valence-electron chi connectivity index (χ3n) is 14.3. The topological polar surface area (TPSA) is 189 Å². The number of aliphatic hydroxyl groups excluding tert-OH is 4. The normalized spacial score (nSPS) is 49.6. The number of hydrogen-bond acceptors (Lipinski definition) is 12. The van der Waals surface area contributed by atoms with Crippen molar-refractivity contribution in [1.29, 1.82) is 0 Å². The van der Waals surface area contributed by atoms with Crippen molar-refractivity contribution in [3.63, 3.8) is 0 Å². The lowest BCUT2D eigenvalue weighted by atomic mass is 9.39. The molecule has 2 saturated heterocycles. The fourth-order valence-electron chi connectivity index (χ4n) is 10.8. The number of carbonyl (C=O) groups is 3. The van der Waals surface area contributed by atoms with E-state index in [9.17, 15) is 39.9 Å². The highest BCUT2D eigenvalue weighted by atomic mass is 16.7. The zero-order valence-electron chi connectivity index (χ0n) is 30.1. The maximum atomic E-state index is 14.9. The number of fused-ring (bicyclic) bond motifs is 7. The van der Waals surface area contributed by atoms with E-state index >= 15 is 0 Å². The zero-order valence-corrected chi connectivity index (χ0v) is 30.1. The van der Waals surface area contributed by atoms with Crippen LogP contribution in [0.5, 0.6) is 0 Å². The van der Waals surface area contributed by atoms with Crippen LogP contribution >= 0.6 is 0 Å². The number of allylic oxidation sites excluding steroid dienone is 4. The second kappa shape index (κ2) is 11.5. The molecular weight excluding hydrogens is 636 g/mol. The molecule has 12 heteroatoms. The highest BCUT2D eigenvalue weighted by molar-refractivity contribution is 6.02. The number of aliphatic hydroxyl groups is 5. The Balaban J connectivity index is 1.42. The molecule has 2 saturated carbocycles. The van der Waals surface area contributed by atoms with E-state index in [0.29, 0.717) is 12.8 Å². The van der Waals surface area contributed by atoms with Gasteiger partial charge >= 0.3 is 0 Å². The van der Waals surface area contributed by atoms with Gasteiger partial charge in [0.2, 0.25) is 12.1 Å². The SMILES string of the molecule is COC(C)(C)C1CC(=O)C(C)(O)C2C(CC3(C)C4CC=C5C(C=C(OC6OC(CO)C(O)C(O)C6O)C(=O)C5(C)C)C4(C)C(=O)CC23C)O1. The Labute approximate surface area is 287 Å². The van der Waals surface area contributed by atoms with Crippen LogP contribution in [0, 0.1) is 39.4 Å². The molecule has 14 unspecified atom stereocenters. The Bertz CT molecular complexity index is 1480. The highest BCUT2D eigenvalue weighted by Crippen LogP contribution is 2.74. The summed E-state index contributed by atoms with van der Waals surface area (Å²) < 4.78 is 24.1. The molecule has 6 aliphatic rings. The van der Waals surface area contributed by atoms with E-state index in [0.717, 1.165) is 5.57 Å². The quantitative estimate of drug-likeness (QED) is 0.264. The lowest BCUT2D eigenvalue weighted by Gasteiger charge is -2.63. The molecule has 14 atom stereocenters. The number of ketones is 3. The Hall–Kier alpha value is -2.03. The van der Waals surface area contributed by atoms with E-state index in [2.05, 4.69) is 13.0 Å². The summed E-state index contributed by atoms with van der Waals surface area (Å²) in [6.07, 6.45) is -4.18. The molecule has 4 aliphatic carbocycles. The summed E-state index contributed by atoms with van der Waals surface area (Å²) in [6.45, 7) is 14.3. The van der Waals surface area contributed by atoms with Crippen LogP contribution in [-0.2, 0) is 33.3 Å². The van der Waals surface area contributed by atoms with Gasteiger partial charge in [-0.1, -0.05) is 32.4 Å². The molecule has 274 valence electrons. The first-order valence-corrected chi connectivity index (χ1v) is 17.5. The maximum absolute atomic E-state index is 14.9. The van der Waals surface area contributed by atoms with Gasteiger partial charge in [-0.15, -0.1) is 0 Å². The minimum atomic E-state index is -1.75. The number of methoxy groups -OCH3 is 1. The smallest absolute Gasteiger partial charge is 0.229 e. The van der Waals surface area contributed by atoms with E-state index in [1.165, 1.54) is 0 Å². The van der Waals surface area contributed by atoms with Gasteiger partial charge < -0.3 is 44.5 Å². The molecule has 0 aromatic rings. The standard InChI is InChI=1S/C37H54O12/c1-32(2)17-10-11-22-34(5)14-20-29(37(8,45)23(39)13-25(47-20)33(3,4)46-9)35(34,6)15-24(40)36(22,7)18(17)12-19(30(32)44)48-31-28(43)27(42)26(41)21(16-38)49-31/h10,12,18,20-22,25-29,31,38,41-43,45H,11,13-16H2,1-9H3. The van der Waals surface area contributed by atoms with Gasteiger partial charge in [-0.05, 0) is 70.3 Å². The van der Waals surface area contributed by atoms with Crippen LogP contribution in [0.4, 0.5) is 0 Å². The van der Waals surface area contributed by atoms with Crippen LogP contribution < -0.4 is 0 Å². The first kappa shape index (κ1) is 36.8. The van der Waals surface area contributed by atoms with Crippen molar-refractivity contribution in [2.75, 3.05) is 13.7 Å². The minimum absolute atomic E-state index is 0.0119. The van der Waals surface area contributed by atoms with Gasteiger partial charge in [0.15, 0.2) is 11.5 Å². The predicted octanol–water partition coefficient (Wildman–Crippen LogP) is 1.77. The molecule has 49 heavy (non-hydrogen) atoms. The minimum Gasteiger partial charge on any atom is -0.459 e. The van der Waals surface area contributed by atoms with Crippen LogP contribution in [0.15, 0.2) is 23.5 Å². The van der Waals surface area contributed by atoms with Crippen molar-refractivity contribution < 1.29 is 58.9 Å². The highest BCUT2D eigenvalue weighted by Gasteiger charge is 2.75. The monoisotopic (exact) mass is 690 g/mol. The molecule has 0 bridgehead atoms. The van der Waals surface area contributed by atoms with Gasteiger partial charge in [-0.25, -0.2) is 0 Å². The van der Waals surface area contributed by atoms with E-state index in [1.807, 2.05) is 27.7 Å². The van der Waals surface area contributed by atoms with E-state index in [-0.39, 0.29) is 36.1 Å². The lowest BCUT2D eigenvalue weighted by Crippen LogP contribution is -2.64. The van der Waals surface area contributed by atoms with E-state index in [1.54, 1.807) is 34.0 Å². The molecule has 2 aliphatic heterocycles. The third-order valence-corrected chi connectivity index (χ3v) is 14.3. The van der Waals surface area contributed by atoms with Gasteiger partial charge in [-0.3, -0.25) is 14.4 Å². The van der Waals surface area contributed by atoms with Crippen molar-refractivity contribution in [1.82, 2.24) is 0 Å². The molecule has 0 amide bonds. The number of hydrogen-bond donors (Lipinski definition) is 5. The van der Waals surface area contributed by atoms with Gasteiger partial charge in [0.25, 0.3) is 0 Å². The fourth-order valence-corrected chi connectivity index (χ4v) is 10.8. The summed E-state index contributed by atoms with van der Waals surface area (Å²) in [7, 11) is 1.57. The van der Waals surface area contributed by atoms with Crippen LogP contribution in [0.1, 0.15) is 81.1 Å². The Morgan fingerprint density at radius 2 is 1.59 bits per heavy atom. The van der Waals surface area contributed by atoms with Crippen LogP contribution in [0.2, 0.25) is 0 Å². The van der Waals surface area contributed by atoms with Crippen LogP contribution in [0.3, 0.4) is 0 Å². The van der Waals surface area contributed by atoms with Crippen molar-refractivity contribution >= 4 is 17.3 Å². The van der Waals surface area contributed by atoms with E-state index in [4.69, 9.17) is 18.9 Å². The van der Waals surface area contributed by atoms with Gasteiger partial charge in [0.1, 0.15) is 35.8 Å². The Morgan fingerprint density at radius 3 is 2.20 bits per heavy atom. The summed E-state index contributed by atoms with van der Waals surface area (Å²) >= 11 is 0. The lowest BCUT2D eigenvalue weighted by molar-refractivity contribution is -0.291. The molecule has 5 N–H and O–H groups in total. The molecule has 4 fully saturated rings. The summed E-state index contributed by atoms with van der Waals surface area (Å²) in [6, 6.07) is 0. The average Bonchev–Trinajstić information content (AvgIpc) is 3.19. The van der Waals surface area contributed by atoms with Gasteiger partial charge in [0.05, 0.1) is 29.8 Å². The molecule has 0 radical (unpaired) electrons. The first-order valence-electron chi connectivity index (χ1n) is 17.5. The van der Waals surface area contributed by atoms with Crippen molar-refractivity contribution in [2.45, 2.75) is 135 Å². The number of Topliss-reactive ketones (excluding diaryl/α,β-unsaturated/α-hetero) is 3. The van der Waals surface area contributed by atoms with Crippen molar-refractivity contribution in [3.8, 4) is 0 Å². The van der Waals surface area contributed by atoms with E-state index < -0.39 is 100 Å². The first-order chi connectivity index (χ1) is 22.5. The summed E-state index contributed by atoms with van der Waals surface area (Å²) in [4.78, 5) is 42.6. The van der Waals surface area contributed by atoms with Gasteiger partial charge in [-0.2, -0.15) is 0 Å². The number of ether oxygens (including phenoxy) is 4. The Morgan fingerprint density at radius 1 is 0.939 bits per heavy atom. The maximum Gasteiger partial charge on any atom is 0.229 e. The molecule has 0 aromatic heterocycles. The molecule has 2 heterocycles. The molecule has 0 spiro atoms. The van der Waals surface area contributed by atoms with Crippen LogP contribution in [-0.4, -0.2) is 111 Å². The predicted molar refractivity (Wildman–Crippen MR) is 173 cm³/mol. The number of rotatable bonds is 5. The average molecular weight is 691 g/mol. The summed E-state index contributed by atoms with van der Waals surface area (Å²) in [5.41, 5.74) is -5.28. The summed E-state index contributed by atoms with van der Waals surface area (Å²) in [5.74, 6) is -2.43. The summed E-state index contributed by atoms with van der Waals surface area (Å²) in [5, 5.41) is 53.1.